The lowest BCUT2D eigenvalue weighted by molar-refractivity contribution is 0.671. The van der Waals surface area contributed by atoms with E-state index in [0.717, 1.165) is 16.4 Å². The molecule has 0 radical (unpaired) electrons. The van der Waals surface area contributed by atoms with Gasteiger partial charge < -0.3 is 0 Å². The molecule has 1 unspecified atom stereocenters. The van der Waals surface area contributed by atoms with Gasteiger partial charge in [-0.15, -0.1) is 0 Å². The SMILES string of the molecule is CC1=Nc2ccccc2S(=O)N1I. The highest BCUT2D eigenvalue weighted by atomic mass is 127. The van der Waals surface area contributed by atoms with Crippen LogP contribution in [0.2, 0.25) is 0 Å². The second-order valence-electron chi connectivity index (χ2n) is 2.62. The van der Waals surface area contributed by atoms with Crippen LogP contribution in [0.1, 0.15) is 6.92 Å². The summed E-state index contributed by atoms with van der Waals surface area (Å²) in [6, 6.07) is 7.49. The van der Waals surface area contributed by atoms with Gasteiger partial charge in [-0.1, -0.05) is 12.1 Å². The van der Waals surface area contributed by atoms with Gasteiger partial charge in [-0.2, -0.15) is 0 Å². The smallest absolute Gasteiger partial charge is 0.165 e. The van der Waals surface area contributed by atoms with Crippen molar-refractivity contribution in [2.45, 2.75) is 11.8 Å². The van der Waals surface area contributed by atoms with Gasteiger partial charge in [0, 0.05) is 0 Å². The number of aliphatic imine (C=N–C) groups is 1. The Bertz CT molecular complexity index is 405. The van der Waals surface area contributed by atoms with E-state index >= 15 is 0 Å². The molecular weight excluding hydrogens is 299 g/mol. The van der Waals surface area contributed by atoms with Crippen LogP contribution in [0.3, 0.4) is 0 Å². The molecule has 1 aliphatic heterocycles. The van der Waals surface area contributed by atoms with Crippen LogP contribution < -0.4 is 0 Å². The molecule has 5 heteroatoms. The normalized spacial score (nSPS) is 20.9. The average Bonchev–Trinajstić information content (AvgIpc) is 2.15. The lowest BCUT2D eigenvalue weighted by Gasteiger charge is -2.20. The number of hydrogen-bond donors (Lipinski definition) is 0. The van der Waals surface area contributed by atoms with E-state index in [9.17, 15) is 4.21 Å². The number of fused-ring (bicyclic) bond motifs is 1. The molecule has 3 nitrogen and oxygen atoms in total. The number of benzene rings is 1. The molecule has 0 N–H and O–H groups in total. The van der Waals surface area contributed by atoms with Crippen molar-refractivity contribution in [3.05, 3.63) is 24.3 Å². The van der Waals surface area contributed by atoms with Crippen LogP contribution in [0.4, 0.5) is 5.69 Å². The number of halogens is 1. The van der Waals surface area contributed by atoms with Crippen LogP contribution in [0.25, 0.3) is 0 Å². The first-order valence-corrected chi connectivity index (χ1v) is 5.79. The van der Waals surface area contributed by atoms with Gasteiger partial charge in [0.15, 0.2) is 11.0 Å². The zero-order valence-electron chi connectivity index (χ0n) is 6.90. The van der Waals surface area contributed by atoms with Gasteiger partial charge in [0.25, 0.3) is 0 Å². The number of rotatable bonds is 0. The van der Waals surface area contributed by atoms with Gasteiger partial charge in [0.05, 0.1) is 33.4 Å². The van der Waals surface area contributed by atoms with Crippen molar-refractivity contribution in [1.82, 2.24) is 2.52 Å². The molecule has 2 rings (SSSR count). The predicted octanol–water partition coefficient (Wildman–Crippen LogP) is 2.42. The Labute approximate surface area is 92.9 Å². The molecule has 0 amide bonds. The van der Waals surface area contributed by atoms with Crippen LogP contribution >= 0.6 is 22.9 Å². The van der Waals surface area contributed by atoms with Crippen molar-refractivity contribution in [3.8, 4) is 0 Å². The first-order valence-electron chi connectivity index (χ1n) is 3.72. The summed E-state index contributed by atoms with van der Waals surface area (Å²) in [5.41, 5.74) is 0.811. The van der Waals surface area contributed by atoms with Gasteiger partial charge in [-0.3, -0.25) is 0 Å². The summed E-state index contributed by atoms with van der Waals surface area (Å²) in [6.45, 7) is 1.85. The molecule has 0 fully saturated rings. The van der Waals surface area contributed by atoms with E-state index in [-0.39, 0.29) is 0 Å². The van der Waals surface area contributed by atoms with E-state index in [1.807, 2.05) is 54.1 Å². The molecule has 0 saturated carbocycles. The Morgan fingerprint density at radius 1 is 1.46 bits per heavy atom. The van der Waals surface area contributed by atoms with E-state index in [4.69, 9.17) is 0 Å². The van der Waals surface area contributed by atoms with Gasteiger partial charge in [-0.25, -0.2) is 11.7 Å². The maximum absolute atomic E-state index is 11.8. The number of para-hydroxylation sites is 1. The average molecular weight is 306 g/mol. The minimum absolute atomic E-state index is 0.776. The molecule has 0 bridgehead atoms. The summed E-state index contributed by atoms with van der Waals surface area (Å²) in [6.07, 6.45) is 0. The molecule has 68 valence electrons. The van der Waals surface area contributed by atoms with Gasteiger partial charge in [0.2, 0.25) is 0 Å². The molecular formula is C8H7IN2OS. The fraction of sp³-hybridized carbons (Fsp3) is 0.125. The third-order valence-corrected chi connectivity index (χ3v) is 4.78. The van der Waals surface area contributed by atoms with Crippen LogP contribution in [0.15, 0.2) is 34.2 Å². The summed E-state index contributed by atoms with van der Waals surface area (Å²) < 4.78 is 13.4. The first kappa shape index (κ1) is 9.14. The third-order valence-electron chi connectivity index (χ3n) is 1.74. The zero-order chi connectivity index (χ0) is 9.42. The number of hydrogen-bond acceptors (Lipinski definition) is 2. The Balaban J connectivity index is 2.63. The fourth-order valence-electron chi connectivity index (χ4n) is 1.12. The van der Waals surface area contributed by atoms with Crippen LogP contribution in [0, 0.1) is 0 Å². The van der Waals surface area contributed by atoms with Crippen LogP contribution in [-0.4, -0.2) is 12.6 Å². The fourth-order valence-corrected chi connectivity index (χ4v) is 2.80. The lowest BCUT2D eigenvalue weighted by Crippen LogP contribution is -2.23. The van der Waals surface area contributed by atoms with Crippen LogP contribution in [0.5, 0.6) is 0 Å². The third kappa shape index (κ3) is 1.50. The maximum atomic E-state index is 11.8. The number of amidine groups is 1. The Morgan fingerprint density at radius 2 is 2.15 bits per heavy atom. The quantitative estimate of drug-likeness (QED) is 0.535. The molecule has 0 aliphatic carbocycles. The molecule has 13 heavy (non-hydrogen) atoms. The molecule has 1 heterocycles. The lowest BCUT2D eigenvalue weighted by atomic mass is 10.3. The number of nitrogens with zero attached hydrogens (tertiary/aromatic N) is 2. The van der Waals surface area contributed by atoms with E-state index in [1.54, 1.807) is 2.52 Å². The van der Waals surface area contributed by atoms with Gasteiger partial charge in [-0.05, 0) is 19.1 Å². The minimum Gasteiger partial charge on any atom is -0.233 e. The monoisotopic (exact) mass is 306 g/mol. The largest absolute Gasteiger partial charge is 0.233 e. The topological polar surface area (TPSA) is 32.7 Å². The molecule has 1 aliphatic rings. The van der Waals surface area contributed by atoms with Crippen molar-refractivity contribution < 1.29 is 4.21 Å². The zero-order valence-corrected chi connectivity index (χ0v) is 9.87. The molecule has 1 aromatic rings. The summed E-state index contributed by atoms with van der Waals surface area (Å²) in [7, 11) is -1.10. The highest BCUT2D eigenvalue weighted by Gasteiger charge is 2.21. The highest BCUT2D eigenvalue weighted by molar-refractivity contribution is 14.1. The summed E-state index contributed by atoms with van der Waals surface area (Å²) in [4.78, 5) is 5.10. The van der Waals surface area contributed by atoms with Crippen molar-refractivity contribution in [3.63, 3.8) is 0 Å². The van der Waals surface area contributed by atoms with E-state index < -0.39 is 11.0 Å². The summed E-state index contributed by atoms with van der Waals surface area (Å²) >= 11 is 2.01. The maximum Gasteiger partial charge on any atom is 0.165 e. The minimum atomic E-state index is -1.10. The molecule has 1 aromatic carbocycles. The second kappa shape index (κ2) is 3.38. The van der Waals surface area contributed by atoms with Crippen LogP contribution in [-0.2, 0) is 11.0 Å². The Morgan fingerprint density at radius 3 is 2.92 bits per heavy atom. The van der Waals surface area contributed by atoms with E-state index in [0.29, 0.717) is 0 Å². The van der Waals surface area contributed by atoms with E-state index in [2.05, 4.69) is 4.99 Å². The highest BCUT2D eigenvalue weighted by Crippen LogP contribution is 2.30. The van der Waals surface area contributed by atoms with E-state index in [1.165, 1.54) is 0 Å². The summed E-state index contributed by atoms with van der Waals surface area (Å²) in [5, 5.41) is 0. The van der Waals surface area contributed by atoms with Crippen molar-refractivity contribution in [2.24, 2.45) is 4.99 Å². The molecule has 0 aromatic heterocycles. The summed E-state index contributed by atoms with van der Waals surface area (Å²) in [5.74, 6) is 0.776. The standard InChI is InChI=1S/C8H7IN2OS/c1-6-10-7-4-2-3-5-8(7)13(12)11(6)9/h2-5H,1H3. The Kier molecular flexibility index (Phi) is 2.37. The predicted molar refractivity (Wildman–Crippen MR) is 61.5 cm³/mol. The van der Waals surface area contributed by atoms with Gasteiger partial charge in [0.1, 0.15) is 5.84 Å². The second-order valence-corrected chi connectivity index (χ2v) is 5.54. The van der Waals surface area contributed by atoms with Crippen molar-refractivity contribution in [1.29, 1.82) is 0 Å². The van der Waals surface area contributed by atoms with Crippen molar-refractivity contribution in [2.75, 3.05) is 0 Å². The van der Waals surface area contributed by atoms with Gasteiger partial charge >= 0.3 is 0 Å². The molecule has 0 spiro atoms. The van der Waals surface area contributed by atoms with Crippen molar-refractivity contribution >= 4 is 45.4 Å². The first-order chi connectivity index (χ1) is 6.20. The Hall–Kier alpha value is -0.430. The molecule has 1 atom stereocenters. The molecule has 0 saturated heterocycles.